The first-order valence-corrected chi connectivity index (χ1v) is 14.2. The smallest absolute Gasteiger partial charge is 0.463 e. The molecule has 0 unspecified atom stereocenters. The number of hydrogen-bond donors (Lipinski definition) is 0. The number of aryl methyl sites for hydroxylation is 1. The van der Waals surface area contributed by atoms with Gasteiger partial charge in [-0.2, -0.15) is 0 Å². The Kier molecular flexibility index (Phi) is 11.5. The maximum atomic E-state index is 14.1. The van der Waals surface area contributed by atoms with Crippen LogP contribution in [0.5, 0.6) is 5.75 Å². The zero-order valence-electron chi connectivity index (χ0n) is 22.3. The van der Waals surface area contributed by atoms with Crippen molar-refractivity contribution in [1.82, 2.24) is 0 Å². The number of furan rings is 1. The van der Waals surface area contributed by atoms with Crippen LogP contribution in [0, 0.1) is 0 Å². The average molecular weight is 585 g/mol. The lowest BCUT2D eigenvalue weighted by Gasteiger charge is -2.15. The van der Waals surface area contributed by atoms with Gasteiger partial charge >= 0.3 is 12.3 Å². The van der Waals surface area contributed by atoms with Crippen LogP contribution in [-0.2, 0) is 16.0 Å². The van der Waals surface area contributed by atoms with Gasteiger partial charge in [0.2, 0.25) is 5.92 Å². The number of esters is 1. The van der Waals surface area contributed by atoms with Crippen LogP contribution in [-0.4, -0.2) is 30.6 Å². The van der Waals surface area contributed by atoms with Gasteiger partial charge in [0.15, 0.2) is 0 Å². The van der Waals surface area contributed by atoms with E-state index in [1.165, 1.54) is 17.8 Å². The molecule has 0 N–H and O–H groups in total. The first-order chi connectivity index (χ1) is 19.0. The second-order valence-electron chi connectivity index (χ2n) is 9.43. The molecule has 0 amide bonds. The van der Waals surface area contributed by atoms with E-state index in [4.69, 9.17) is 9.15 Å². The quantitative estimate of drug-likeness (QED) is 0.0552. The van der Waals surface area contributed by atoms with E-state index in [1.54, 1.807) is 30.3 Å². The van der Waals surface area contributed by atoms with Gasteiger partial charge in [-0.25, -0.2) is 13.6 Å². The van der Waals surface area contributed by atoms with Crippen LogP contribution in [0.25, 0.3) is 22.3 Å². The highest BCUT2D eigenvalue weighted by Crippen LogP contribution is 2.39. The van der Waals surface area contributed by atoms with Gasteiger partial charge < -0.3 is 13.9 Å². The predicted octanol–water partition coefficient (Wildman–Crippen LogP) is 9.75. The van der Waals surface area contributed by atoms with Crippen LogP contribution in [0.15, 0.2) is 64.4 Å². The average Bonchev–Trinajstić information content (AvgIpc) is 3.31. The Labute approximate surface area is 234 Å². The summed E-state index contributed by atoms with van der Waals surface area (Å²) < 4.78 is 82.6. The Bertz CT molecular complexity index is 1270. The summed E-state index contributed by atoms with van der Waals surface area (Å²) >= 11 is 1.39. The molecule has 3 rings (SSSR count). The van der Waals surface area contributed by atoms with E-state index in [0.29, 0.717) is 23.1 Å². The summed E-state index contributed by atoms with van der Waals surface area (Å²) in [6.07, 6.45) is -0.669. The summed E-state index contributed by atoms with van der Waals surface area (Å²) in [6.45, 7) is 5.23. The van der Waals surface area contributed by atoms with E-state index in [9.17, 15) is 26.7 Å². The number of hydrogen-bond acceptors (Lipinski definition) is 5. The summed E-state index contributed by atoms with van der Waals surface area (Å²) in [5.74, 6) is -3.11. The standard InChI is InChI=1S/C30H33F5O4S/c1-3-5-6-9-21-10-13-24(27(18-21)39-30(33,34)35)26-19-22-11-12-23(20-25(22)38-26)40-17-8-15-29(31,32)14-7-16-37-28(36)4-2/h4,10-13,18-20H,2-3,5-9,14-17H2,1H3. The van der Waals surface area contributed by atoms with Crippen LogP contribution in [0.4, 0.5) is 22.0 Å². The van der Waals surface area contributed by atoms with Crippen LogP contribution < -0.4 is 4.74 Å². The Morgan fingerprint density at radius 2 is 1.77 bits per heavy atom. The lowest BCUT2D eigenvalue weighted by Crippen LogP contribution is -2.17. The van der Waals surface area contributed by atoms with E-state index >= 15 is 0 Å². The molecule has 218 valence electrons. The highest BCUT2D eigenvalue weighted by molar-refractivity contribution is 7.99. The first kappa shape index (κ1) is 31.5. The van der Waals surface area contributed by atoms with Gasteiger partial charge in [-0.1, -0.05) is 32.4 Å². The SMILES string of the molecule is C=CC(=O)OCCCC(F)(F)CCCSc1ccc2cc(-c3ccc(CCCCC)cc3OC(F)(F)F)oc2c1. The van der Waals surface area contributed by atoms with Gasteiger partial charge in [-0.05, 0) is 73.4 Å². The van der Waals surface area contributed by atoms with Gasteiger partial charge in [-0.3, -0.25) is 0 Å². The minimum atomic E-state index is -4.85. The maximum Gasteiger partial charge on any atom is 0.573 e. The van der Waals surface area contributed by atoms with Crippen molar-refractivity contribution in [3.63, 3.8) is 0 Å². The molecule has 1 aromatic heterocycles. The van der Waals surface area contributed by atoms with Crippen molar-refractivity contribution in [3.8, 4) is 17.1 Å². The number of unbranched alkanes of at least 4 members (excludes halogenated alkanes) is 2. The fourth-order valence-electron chi connectivity index (χ4n) is 4.16. The van der Waals surface area contributed by atoms with Crippen molar-refractivity contribution < 1.29 is 40.6 Å². The van der Waals surface area contributed by atoms with Crippen molar-refractivity contribution in [3.05, 3.63) is 60.7 Å². The lowest BCUT2D eigenvalue weighted by molar-refractivity contribution is -0.274. The third kappa shape index (κ3) is 10.2. The van der Waals surface area contributed by atoms with Crippen LogP contribution >= 0.6 is 11.8 Å². The molecule has 0 radical (unpaired) electrons. The molecule has 10 heteroatoms. The first-order valence-electron chi connectivity index (χ1n) is 13.2. The summed E-state index contributed by atoms with van der Waals surface area (Å²) in [5, 5.41) is 0.702. The molecule has 4 nitrogen and oxygen atoms in total. The predicted molar refractivity (Wildman–Crippen MR) is 147 cm³/mol. The topological polar surface area (TPSA) is 48.7 Å². The normalized spacial score (nSPS) is 12.1. The third-order valence-electron chi connectivity index (χ3n) is 6.15. The highest BCUT2D eigenvalue weighted by Gasteiger charge is 2.33. The van der Waals surface area contributed by atoms with Gasteiger partial charge in [0.05, 0.1) is 12.2 Å². The maximum absolute atomic E-state index is 14.1. The van der Waals surface area contributed by atoms with E-state index < -0.39 is 18.3 Å². The van der Waals surface area contributed by atoms with Crippen molar-refractivity contribution in [2.45, 2.75) is 75.5 Å². The van der Waals surface area contributed by atoms with E-state index in [2.05, 4.69) is 18.2 Å². The van der Waals surface area contributed by atoms with Gasteiger partial charge in [-0.15, -0.1) is 24.9 Å². The minimum Gasteiger partial charge on any atom is -0.463 e. The van der Waals surface area contributed by atoms with Crippen molar-refractivity contribution >= 4 is 28.7 Å². The fourth-order valence-corrected chi connectivity index (χ4v) is 5.04. The number of rotatable bonds is 16. The molecule has 0 aliphatic heterocycles. The molecule has 0 bridgehead atoms. The van der Waals surface area contributed by atoms with E-state index in [0.717, 1.165) is 35.8 Å². The zero-order chi connectivity index (χ0) is 29.2. The molecular weight excluding hydrogens is 551 g/mol. The minimum absolute atomic E-state index is 0.0640. The van der Waals surface area contributed by atoms with Crippen LogP contribution in [0.3, 0.4) is 0 Å². The van der Waals surface area contributed by atoms with Crippen molar-refractivity contribution in [1.29, 1.82) is 0 Å². The Balaban J connectivity index is 1.62. The van der Waals surface area contributed by atoms with Gasteiger partial charge in [0.25, 0.3) is 0 Å². The van der Waals surface area contributed by atoms with Crippen molar-refractivity contribution in [2.24, 2.45) is 0 Å². The molecular formula is C30H33F5O4S. The van der Waals surface area contributed by atoms with Crippen LogP contribution in [0.1, 0.15) is 57.4 Å². The van der Waals surface area contributed by atoms with Gasteiger partial charge in [0.1, 0.15) is 17.1 Å². The third-order valence-corrected chi connectivity index (χ3v) is 7.23. The molecule has 0 saturated carbocycles. The summed E-state index contributed by atoms with van der Waals surface area (Å²) in [5.41, 5.74) is 1.43. The summed E-state index contributed by atoms with van der Waals surface area (Å²) in [4.78, 5) is 11.8. The number of carbonyl (C=O) groups is 1. The second kappa shape index (κ2) is 14.6. The molecule has 3 aromatic rings. The molecule has 1 heterocycles. The highest BCUT2D eigenvalue weighted by atomic mass is 32.2. The monoisotopic (exact) mass is 584 g/mol. The fraction of sp³-hybridized carbons (Fsp3) is 0.433. The number of alkyl halides is 5. The summed E-state index contributed by atoms with van der Waals surface area (Å²) in [6, 6.07) is 11.8. The van der Waals surface area contributed by atoms with E-state index in [1.807, 2.05) is 6.07 Å². The molecule has 0 aliphatic rings. The molecule has 0 aliphatic carbocycles. The molecule has 40 heavy (non-hydrogen) atoms. The molecule has 2 aromatic carbocycles. The largest absolute Gasteiger partial charge is 0.573 e. The number of thioether (sulfide) groups is 1. The number of carbonyl (C=O) groups excluding carboxylic acids is 1. The lowest BCUT2D eigenvalue weighted by atomic mass is 10.0. The molecule has 0 spiro atoms. The van der Waals surface area contributed by atoms with Crippen molar-refractivity contribution in [2.75, 3.05) is 12.4 Å². The van der Waals surface area contributed by atoms with Crippen LogP contribution in [0.2, 0.25) is 0 Å². The summed E-state index contributed by atoms with van der Waals surface area (Å²) in [7, 11) is 0. The second-order valence-corrected chi connectivity index (χ2v) is 10.6. The number of benzene rings is 2. The zero-order valence-corrected chi connectivity index (χ0v) is 23.1. The molecule has 0 saturated heterocycles. The molecule has 0 fully saturated rings. The Hall–Kier alpha value is -3.01. The Morgan fingerprint density at radius 3 is 2.50 bits per heavy atom. The number of halogens is 5. The van der Waals surface area contributed by atoms with E-state index in [-0.39, 0.29) is 49.4 Å². The number of fused-ring (bicyclic) bond motifs is 1. The molecule has 0 atom stereocenters. The van der Waals surface area contributed by atoms with Gasteiger partial charge in [0, 0.05) is 29.2 Å². The number of ether oxygens (including phenoxy) is 2. The Morgan fingerprint density at radius 1 is 1.00 bits per heavy atom.